The predicted octanol–water partition coefficient (Wildman–Crippen LogP) is 14.0. The number of unbranched alkanes of at least 4 members (excludes halogenated alkanes) is 32. The van der Waals surface area contributed by atoms with E-state index in [0.717, 1.165) is 6.42 Å². The minimum atomic E-state index is -0.249. The molecule has 0 N–H and O–H groups in total. The highest BCUT2D eigenvalue weighted by Crippen LogP contribution is 2.17. The Morgan fingerprint density at radius 2 is 0.585 bits per heavy atom. The number of rotatable bonds is 35. The molecular weight excluding hydrogens is 500 g/mol. The maximum atomic E-state index is 11.3. The van der Waals surface area contributed by atoms with E-state index < -0.39 is 0 Å². The summed E-state index contributed by atoms with van der Waals surface area (Å²) in [6.45, 7) is 8.16. The third-order valence-corrected chi connectivity index (χ3v) is 8.83. The van der Waals surface area contributed by atoms with Crippen LogP contribution < -0.4 is 0 Å². The number of ether oxygens (including phenoxy) is 1. The fourth-order valence-corrected chi connectivity index (χ4v) is 5.94. The molecule has 2 nitrogen and oxygen atoms in total. The van der Waals surface area contributed by atoms with Crippen molar-refractivity contribution in [2.24, 2.45) is 0 Å². The Kier molecular flexibility index (Phi) is 34.7. The molecule has 2 heteroatoms. The molecule has 0 amide bonds. The molecule has 0 fully saturated rings. The molecule has 0 aliphatic heterocycles. The molecule has 0 aromatic heterocycles. The third-order valence-electron chi connectivity index (χ3n) is 8.83. The standard InChI is InChI=1S/C39H76O2/c1-4-5-6-7-8-9-10-11-12-13-14-15-16-17-18-19-20-21-22-23-24-25-26-27-28-29-30-31-32-33-34-35-36-37-41-39(40)38(2)3/h2,4-37H2,1,3H3. The van der Waals surface area contributed by atoms with E-state index in [1.807, 2.05) is 0 Å². The summed E-state index contributed by atoms with van der Waals surface area (Å²) in [6, 6.07) is 0. The molecule has 244 valence electrons. The topological polar surface area (TPSA) is 26.3 Å². The molecule has 0 spiro atoms. The van der Waals surface area contributed by atoms with E-state index >= 15 is 0 Å². The largest absolute Gasteiger partial charge is 0.462 e. The fourth-order valence-electron chi connectivity index (χ4n) is 5.94. The maximum absolute atomic E-state index is 11.3. The fraction of sp³-hybridized carbons (Fsp3) is 0.923. The lowest BCUT2D eigenvalue weighted by atomic mass is 10.0. The van der Waals surface area contributed by atoms with Gasteiger partial charge in [0, 0.05) is 5.57 Å². The lowest BCUT2D eigenvalue weighted by molar-refractivity contribution is -0.139. The predicted molar refractivity (Wildman–Crippen MR) is 184 cm³/mol. The summed E-state index contributed by atoms with van der Waals surface area (Å²) in [5, 5.41) is 0. The van der Waals surface area contributed by atoms with Crippen LogP contribution in [0, 0.1) is 0 Å². The Balaban J connectivity index is 3.06. The van der Waals surface area contributed by atoms with Crippen LogP contribution in [0.4, 0.5) is 0 Å². The van der Waals surface area contributed by atoms with Gasteiger partial charge in [-0.25, -0.2) is 4.79 Å². The molecule has 0 aromatic rings. The number of esters is 1. The van der Waals surface area contributed by atoms with Gasteiger partial charge in [0.05, 0.1) is 6.61 Å². The maximum Gasteiger partial charge on any atom is 0.333 e. The highest BCUT2D eigenvalue weighted by Gasteiger charge is 2.02. The molecule has 0 saturated heterocycles. The monoisotopic (exact) mass is 577 g/mol. The zero-order valence-corrected chi connectivity index (χ0v) is 28.6. The van der Waals surface area contributed by atoms with Gasteiger partial charge in [-0.05, 0) is 13.3 Å². The Morgan fingerprint density at radius 3 is 0.780 bits per heavy atom. The van der Waals surface area contributed by atoms with Gasteiger partial charge >= 0.3 is 5.97 Å². The SMILES string of the molecule is C=C(C)C(=O)OCCCCCCCCCCCCCCCCCCCCCCCCCCCCCCCCCCC. The van der Waals surface area contributed by atoms with Gasteiger partial charge in [0.1, 0.15) is 0 Å². The molecule has 0 radical (unpaired) electrons. The molecule has 0 rings (SSSR count). The minimum Gasteiger partial charge on any atom is -0.462 e. The van der Waals surface area contributed by atoms with E-state index in [2.05, 4.69) is 13.5 Å². The van der Waals surface area contributed by atoms with Crippen molar-refractivity contribution in [1.82, 2.24) is 0 Å². The quantitative estimate of drug-likeness (QED) is 0.0426. The van der Waals surface area contributed by atoms with Crippen molar-refractivity contribution < 1.29 is 9.53 Å². The van der Waals surface area contributed by atoms with Crippen LogP contribution in [0.25, 0.3) is 0 Å². The molecule has 0 bridgehead atoms. The second kappa shape index (κ2) is 35.4. The van der Waals surface area contributed by atoms with Crippen molar-refractivity contribution in [3.05, 3.63) is 12.2 Å². The highest BCUT2D eigenvalue weighted by molar-refractivity contribution is 5.86. The average Bonchev–Trinajstić information content (AvgIpc) is 2.97. The average molecular weight is 577 g/mol. The zero-order valence-electron chi connectivity index (χ0n) is 28.6. The van der Waals surface area contributed by atoms with Gasteiger partial charge in [0.25, 0.3) is 0 Å². The van der Waals surface area contributed by atoms with E-state index in [1.165, 1.54) is 205 Å². The van der Waals surface area contributed by atoms with Crippen LogP contribution in [0.1, 0.15) is 226 Å². The first-order valence-electron chi connectivity index (χ1n) is 19.0. The molecule has 0 heterocycles. The van der Waals surface area contributed by atoms with Crippen molar-refractivity contribution >= 4 is 5.97 Å². The van der Waals surface area contributed by atoms with Crippen LogP contribution in [-0.4, -0.2) is 12.6 Å². The summed E-state index contributed by atoms with van der Waals surface area (Å²) in [7, 11) is 0. The van der Waals surface area contributed by atoms with E-state index in [1.54, 1.807) is 6.92 Å². The molecule has 0 aliphatic carbocycles. The first kappa shape index (κ1) is 40.2. The summed E-state index contributed by atoms with van der Waals surface area (Å²) >= 11 is 0. The first-order valence-corrected chi connectivity index (χ1v) is 19.0. The second-order valence-corrected chi connectivity index (χ2v) is 13.2. The third kappa shape index (κ3) is 35.3. The van der Waals surface area contributed by atoms with Crippen molar-refractivity contribution in [2.75, 3.05) is 6.61 Å². The molecule has 0 unspecified atom stereocenters. The van der Waals surface area contributed by atoms with Gasteiger partial charge in [-0.2, -0.15) is 0 Å². The Bertz CT molecular complexity index is 526. The molecule has 0 atom stereocenters. The van der Waals surface area contributed by atoms with Crippen LogP contribution in [0.3, 0.4) is 0 Å². The van der Waals surface area contributed by atoms with Crippen molar-refractivity contribution in [3.63, 3.8) is 0 Å². The Labute approximate surface area is 259 Å². The van der Waals surface area contributed by atoms with Crippen LogP contribution in [0.2, 0.25) is 0 Å². The van der Waals surface area contributed by atoms with Crippen LogP contribution in [-0.2, 0) is 9.53 Å². The van der Waals surface area contributed by atoms with Crippen molar-refractivity contribution in [3.8, 4) is 0 Å². The lowest BCUT2D eigenvalue weighted by Crippen LogP contribution is -2.05. The van der Waals surface area contributed by atoms with Crippen molar-refractivity contribution in [1.29, 1.82) is 0 Å². The lowest BCUT2D eigenvalue weighted by Gasteiger charge is -2.05. The highest BCUT2D eigenvalue weighted by atomic mass is 16.5. The molecule has 0 aromatic carbocycles. The zero-order chi connectivity index (χ0) is 29.9. The first-order chi connectivity index (χ1) is 20.2. The summed E-state index contributed by atoms with van der Waals surface area (Å²) in [6.07, 6.45) is 47.0. The van der Waals surface area contributed by atoms with Gasteiger partial charge in [-0.3, -0.25) is 0 Å². The molecule has 41 heavy (non-hydrogen) atoms. The van der Waals surface area contributed by atoms with E-state index in [-0.39, 0.29) is 5.97 Å². The molecule has 0 saturated carbocycles. The number of carbonyl (C=O) groups excluding carboxylic acids is 1. The van der Waals surface area contributed by atoms with E-state index in [0.29, 0.717) is 12.2 Å². The number of carbonyl (C=O) groups is 1. The van der Waals surface area contributed by atoms with Crippen LogP contribution in [0.15, 0.2) is 12.2 Å². The summed E-state index contributed by atoms with van der Waals surface area (Å²) in [5.74, 6) is -0.249. The van der Waals surface area contributed by atoms with E-state index in [4.69, 9.17) is 4.74 Å². The summed E-state index contributed by atoms with van der Waals surface area (Å²) in [5.41, 5.74) is 0.496. The molecular formula is C39H76O2. The minimum absolute atomic E-state index is 0.249. The second-order valence-electron chi connectivity index (χ2n) is 13.2. The Morgan fingerprint density at radius 1 is 0.390 bits per heavy atom. The van der Waals surface area contributed by atoms with Crippen molar-refractivity contribution in [2.45, 2.75) is 226 Å². The van der Waals surface area contributed by atoms with Gasteiger partial charge < -0.3 is 4.74 Å². The van der Waals surface area contributed by atoms with Crippen LogP contribution >= 0.6 is 0 Å². The van der Waals surface area contributed by atoms with E-state index in [9.17, 15) is 4.79 Å². The number of hydrogen-bond acceptors (Lipinski definition) is 2. The molecule has 0 aliphatic rings. The Hall–Kier alpha value is -0.790. The smallest absolute Gasteiger partial charge is 0.333 e. The van der Waals surface area contributed by atoms with Gasteiger partial charge in [-0.1, -0.05) is 219 Å². The van der Waals surface area contributed by atoms with Gasteiger partial charge in [-0.15, -0.1) is 0 Å². The van der Waals surface area contributed by atoms with Gasteiger partial charge in [0.2, 0.25) is 0 Å². The summed E-state index contributed by atoms with van der Waals surface area (Å²) in [4.78, 5) is 11.3. The summed E-state index contributed by atoms with van der Waals surface area (Å²) < 4.78 is 5.13. The number of hydrogen-bond donors (Lipinski definition) is 0. The normalized spacial score (nSPS) is 11.3. The van der Waals surface area contributed by atoms with Gasteiger partial charge in [0.15, 0.2) is 0 Å². The van der Waals surface area contributed by atoms with Crippen LogP contribution in [0.5, 0.6) is 0 Å².